The van der Waals surface area contributed by atoms with Gasteiger partial charge in [-0.15, -0.1) is 0 Å². The highest BCUT2D eigenvalue weighted by Crippen LogP contribution is 2.26. The Balaban J connectivity index is 1.98. The summed E-state index contributed by atoms with van der Waals surface area (Å²) >= 11 is 0. The average molecular weight is 289 g/mol. The Kier molecular flexibility index (Phi) is 6.25. The fourth-order valence-corrected chi connectivity index (χ4v) is 3.43. The Bertz CT molecular complexity index is 414. The SMILES string of the molecule is CCc1ccc(C(O)C(C)N2CCCC(CC)CC2)cc1. The summed E-state index contributed by atoms with van der Waals surface area (Å²) in [6.45, 7) is 8.89. The molecular weight excluding hydrogens is 258 g/mol. The van der Waals surface area contributed by atoms with Gasteiger partial charge in [-0.1, -0.05) is 44.5 Å². The lowest BCUT2D eigenvalue weighted by Crippen LogP contribution is -2.38. The maximum atomic E-state index is 10.7. The van der Waals surface area contributed by atoms with Gasteiger partial charge in [0.2, 0.25) is 0 Å². The van der Waals surface area contributed by atoms with Crippen LogP contribution in [0.5, 0.6) is 0 Å². The summed E-state index contributed by atoms with van der Waals surface area (Å²) in [6.07, 6.45) is 5.86. The van der Waals surface area contributed by atoms with E-state index in [0.717, 1.165) is 31.0 Å². The van der Waals surface area contributed by atoms with Crippen molar-refractivity contribution in [2.24, 2.45) is 5.92 Å². The zero-order valence-corrected chi connectivity index (χ0v) is 13.9. The Morgan fingerprint density at radius 1 is 1.14 bits per heavy atom. The van der Waals surface area contributed by atoms with E-state index >= 15 is 0 Å². The zero-order valence-electron chi connectivity index (χ0n) is 13.9. The third kappa shape index (κ3) is 4.31. The first kappa shape index (κ1) is 16.5. The van der Waals surface area contributed by atoms with Crippen LogP contribution in [0.1, 0.15) is 63.7 Å². The highest BCUT2D eigenvalue weighted by atomic mass is 16.3. The highest BCUT2D eigenvalue weighted by molar-refractivity contribution is 5.25. The van der Waals surface area contributed by atoms with E-state index in [2.05, 4.69) is 49.9 Å². The van der Waals surface area contributed by atoms with Gasteiger partial charge in [-0.25, -0.2) is 0 Å². The van der Waals surface area contributed by atoms with Crippen LogP contribution in [0.25, 0.3) is 0 Å². The first-order valence-electron chi connectivity index (χ1n) is 8.66. The molecule has 2 rings (SSSR count). The van der Waals surface area contributed by atoms with Gasteiger partial charge in [-0.2, -0.15) is 0 Å². The van der Waals surface area contributed by atoms with Crippen molar-refractivity contribution in [3.63, 3.8) is 0 Å². The number of benzene rings is 1. The van der Waals surface area contributed by atoms with Crippen molar-refractivity contribution in [1.29, 1.82) is 0 Å². The summed E-state index contributed by atoms with van der Waals surface area (Å²) in [5, 5.41) is 10.7. The van der Waals surface area contributed by atoms with Crippen LogP contribution in [-0.2, 0) is 6.42 Å². The number of aliphatic hydroxyl groups excluding tert-OH is 1. The summed E-state index contributed by atoms with van der Waals surface area (Å²) in [5.74, 6) is 0.878. The summed E-state index contributed by atoms with van der Waals surface area (Å²) < 4.78 is 0. The van der Waals surface area contributed by atoms with Gasteiger partial charge >= 0.3 is 0 Å². The smallest absolute Gasteiger partial charge is 0.0942 e. The summed E-state index contributed by atoms with van der Waals surface area (Å²) in [7, 11) is 0. The molecule has 1 N–H and O–H groups in total. The average Bonchev–Trinajstić information content (AvgIpc) is 2.79. The van der Waals surface area contributed by atoms with Crippen molar-refractivity contribution < 1.29 is 5.11 Å². The minimum absolute atomic E-state index is 0.202. The molecule has 1 fully saturated rings. The van der Waals surface area contributed by atoms with E-state index in [-0.39, 0.29) is 12.1 Å². The Morgan fingerprint density at radius 3 is 2.48 bits per heavy atom. The molecule has 1 saturated heterocycles. The van der Waals surface area contributed by atoms with Gasteiger partial charge in [0.1, 0.15) is 0 Å². The van der Waals surface area contributed by atoms with Crippen LogP contribution in [0, 0.1) is 5.92 Å². The van der Waals surface area contributed by atoms with Gasteiger partial charge in [-0.05, 0) is 62.7 Å². The van der Waals surface area contributed by atoms with Gasteiger partial charge in [0.25, 0.3) is 0 Å². The van der Waals surface area contributed by atoms with Gasteiger partial charge in [0.05, 0.1) is 6.10 Å². The van der Waals surface area contributed by atoms with Gasteiger partial charge < -0.3 is 5.11 Å². The standard InChI is InChI=1S/C19H31NO/c1-4-16-7-6-13-20(14-12-16)15(3)19(21)18-10-8-17(5-2)9-11-18/h8-11,15-16,19,21H,4-7,12-14H2,1-3H3. The van der Waals surface area contributed by atoms with Crippen molar-refractivity contribution >= 4 is 0 Å². The maximum absolute atomic E-state index is 10.7. The first-order chi connectivity index (χ1) is 10.2. The number of aliphatic hydroxyl groups is 1. The second kappa shape index (κ2) is 7.95. The monoisotopic (exact) mass is 289 g/mol. The molecular formula is C19H31NO. The molecule has 1 aliphatic rings. The molecule has 21 heavy (non-hydrogen) atoms. The quantitative estimate of drug-likeness (QED) is 0.879. The van der Waals surface area contributed by atoms with Gasteiger partial charge in [0.15, 0.2) is 0 Å². The normalized spacial score (nSPS) is 23.5. The topological polar surface area (TPSA) is 23.5 Å². The molecule has 2 nitrogen and oxygen atoms in total. The molecule has 3 unspecified atom stereocenters. The minimum atomic E-state index is -0.380. The molecule has 0 aliphatic carbocycles. The molecule has 0 amide bonds. The third-order valence-corrected chi connectivity index (χ3v) is 5.22. The van der Waals surface area contributed by atoms with Gasteiger partial charge in [-0.3, -0.25) is 4.90 Å². The number of hydrogen-bond donors (Lipinski definition) is 1. The molecule has 0 aromatic heterocycles. The summed E-state index contributed by atoms with van der Waals surface area (Å²) in [5.41, 5.74) is 2.38. The molecule has 2 heteroatoms. The number of nitrogens with zero attached hydrogens (tertiary/aromatic N) is 1. The fourth-order valence-electron chi connectivity index (χ4n) is 3.43. The largest absolute Gasteiger partial charge is 0.387 e. The van der Waals surface area contributed by atoms with E-state index in [9.17, 15) is 5.11 Å². The van der Waals surface area contributed by atoms with Crippen LogP contribution in [0.4, 0.5) is 0 Å². The second-order valence-electron chi connectivity index (χ2n) is 6.52. The summed E-state index contributed by atoms with van der Waals surface area (Å²) in [4.78, 5) is 2.48. The number of aryl methyl sites for hydroxylation is 1. The van der Waals surface area contributed by atoms with E-state index in [1.807, 2.05) is 0 Å². The molecule has 1 aromatic rings. The van der Waals surface area contributed by atoms with Crippen LogP contribution in [0.15, 0.2) is 24.3 Å². The van der Waals surface area contributed by atoms with Crippen molar-refractivity contribution in [1.82, 2.24) is 4.90 Å². The number of hydrogen-bond acceptors (Lipinski definition) is 2. The molecule has 0 radical (unpaired) electrons. The van der Waals surface area contributed by atoms with E-state index in [1.54, 1.807) is 0 Å². The minimum Gasteiger partial charge on any atom is -0.387 e. The Labute approximate surface area is 130 Å². The third-order valence-electron chi connectivity index (χ3n) is 5.22. The highest BCUT2D eigenvalue weighted by Gasteiger charge is 2.25. The van der Waals surface area contributed by atoms with Gasteiger partial charge in [0, 0.05) is 6.04 Å². The maximum Gasteiger partial charge on any atom is 0.0942 e. The lowest BCUT2D eigenvalue weighted by atomic mass is 9.98. The van der Waals surface area contributed by atoms with Crippen molar-refractivity contribution in [2.75, 3.05) is 13.1 Å². The van der Waals surface area contributed by atoms with Crippen LogP contribution in [-0.4, -0.2) is 29.1 Å². The fraction of sp³-hybridized carbons (Fsp3) is 0.684. The molecule has 118 valence electrons. The van der Waals surface area contributed by atoms with Crippen LogP contribution < -0.4 is 0 Å². The van der Waals surface area contributed by atoms with Crippen molar-refractivity contribution in [3.8, 4) is 0 Å². The molecule has 1 aromatic carbocycles. The number of rotatable bonds is 5. The Hall–Kier alpha value is -0.860. The second-order valence-corrected chi connectivity index (χ2v) is 6.52. The predicted molar refractivity (Wildman–Crippen MR) is 89.4 cm³/mol. The predicted octanol–water partition coefficient (Wildman–Crippen LogP) is 4.18. The van der Waals surface area contributed by atoms with Crippen molar-refractivity contribution in [2.45, 2.75) is 65.0 Å². The zero-order chi connectivity index (χ0) is 15.2. The van der Waals surface area contributed by atoms with E-state index in [1.165, 1.54) is 31.2 Å². The van der Waals surface area contributed by atoms with Crippen molar-refractivity contribution in [3.05, 3.63) is 35.4 Å². The molecule has 3 atom stereocenters. The van der Waals surface area contributed by atoms with Crippen LogP contribution in [0.2, 0.25) is 0 Å². The lowest BCUT2D eigenvalue weighted by Gasteiger charge is -2.31. The van der Waals surface area contributed by atoms with Crippen LogP contribution in [0.3, 0.4) is 0 Å². The van der Waals surface area contributed by atoms with Crippen LogP contribution >= 0.6 is 0 Å². The lowest BCUT2D eigenvalue weighted by molar-refractivity contribution is 0.0591. The molecule has 0 spiro atoms. The van der Waals surface area contributed by atoms with E-state index < -0.39 is 0 Å². The van der Waals surface area contributed by atoms with E-state index in [4.69, 9.17) is 0 Å². The first-order valence-corrected chi connectivity index (χ1v) is 8.66. The molecule has 1 heterocycles. The molecule has 1 aliphatic heterocycles. The Morgan fingerprint density at radius 2 is 1.86 bits per heavy atom. The molecule has 0 bridgehead atoms. The molecule has 0 saturated carbocycles. The number of likely N-dealkylation sites (tertiary alicyclic amines) is 1. The van der Waals surface area contributed by atoms with E-state index in [0.29, 0.717) is 0 Å². The summed E-state index contributed by atoms with van der Waals surface area (Å²) in [6, 6.07) is 8.66.